The fourth-order valence-electron chi connectivity index (χ4n) is 3.11. The molecule has 0 aromatic heterocycles. The van der Waals surface area contributed by atoms with Crippen molar-refractivity contribution in [1.29, 1.82) is 0 Å². The molecule has 7 heteroatoms. The van der Waals surface area contributed by atoms with E-state index in [0.29, 0.717) is 18.0 Å². The highest BCUT2D eigenvalue weighted by atomic mass is 19.3. The number of para-hydroxylation sites is 1. The highest BCUT2D eigenvalue weighted by Crippen LogP contribution is 2.33. The molecule has 5 nitrogen and oxygen atoms in total. The smallest absolute Gasteiger partial charge is 0.387 e. The molecule has 1 amide bonds. The topological polar surface area (TPSA) is 50.8 Å². The summed E-state index contributed by atoms with van der Waals surface area (Å²) >= 11 is 0. The van der Waals surface area contributed by atoms with E-state index in [-0.39, 0.29) is 17.4 Å². The van der Waals surface area contributed by atoms with Crippen molar-refractivity contribution in [3.63, 3.8) is 0 Å². The Hall–Kier alpha value is -2.15. The summed E-state index contributed by atoms with van der Waals surface area (Å²) in [5, 5.41) is 2.88. The number of rotatable bonds is 8. The summed E-state index contributed by atoms with van der Waals surface area (Å²) < 4.78 is 34.8. The molecule has 1 atom stereocenters. The minimum Gasteiger partial charge on any atom is -0.493 e. The number of carbonyl (C=O) groups is 1. The molecule has 1 aromatic carbocycles. The van der Waals surface area contributed by atoms with Crippen molar-refractivity contribution in [1.82, 2.24) is 10.2 Å². The first kappa shape index (κ1) is 20.2. The fraction of sp³-hybridized carbons (Fsp3) is 0.526. The highest BCUT2D eigenvalue weighted by Gasteiger charge is 2.19. The molecule has 1 saturated heterocycles. The third kappa shape index (κ3) is 5.98. The van der Waals surface area contributed by atoms with E-state index in [1.165, 1.54) is 25.3 Å². The third-order valence-electron chi connectivity index (χ3n) is 4.47. The molecule has 2 rings (SSSR count). The van der Waals surface area contributed by atoms with Gasteiger partial charge in [0.05, 0.1) is 7.11 Å². The highest BCUT2D eigenvalue weighted by molar-refractivity contribution is 5.92. The number of hydrogen-bond donors (Lipinski definition) is 1. The van der Waals surface area contributed by atoms with E-state index >= 15 is 0 Å². The van der Waals surface area contributed by atoms with Crippen molar-refractivity contribution in [2.75, 3.05) is 33.3 Å². The van der Waals surface area contributed by atoms with Gasteiger partial charge in [0.25, 0.3) is 0 Å². The first-order valence-electron chi connectivity index (χ1n) is 8.83. The Morgan fingerprint density at radius 3 is 2.96 bits per heavy atom. The van der Waals surface area contributed by atoms with Gasteiger partial charge in [-0.1, -0.05) is 19.1 Å². The van der Waals surface area contributed by atoms with Crippen LogP contribution in [0, 0.1) is 5.92 Å². The van der Waals surface area contributed by atoms with Gasteiger partial charge in [-0.2, -0.15) is 8.78 Å². The van der Waals surface area contributed by atoms with E-state index in [2.05, 4.69) is 21.9 Å². The van der Waals surface area contributed by atoms with Gasteiger partial charge in [-0.25, -0.2) is 0 Å². The molecule has 144 valence electrons. The molecule has 0 bridgehead atoms. The lowest BCUT2D eigenvalue weighted by molar-refractivity contribution is -0.116. The number of likely N-dealkylation sites (tertiary alicyclic amines) is 1. The van der Waals surface area contributed by atoms with E-state index in [1.807, 2.05) is 0 Å². The van der Waals surface area contributed by atoms with Gasteiger partial charge in [0.15, 0.2) is 11.5 Å². The summed E-state index contributed by atoms with van der Waals surface area (Å²) in [6.07, 6.45) is 5.02. The Labute approximate surface area is 153 Å². The number of halogens is 2. The summed E-state index contributed by atoms with van der Waals surface area (Å²) in [5.41, 5.74) is 0.356. The molecule has 0 aliphatic carbocycles. The molecular formula is C19H26F2N2O3. The van der Waals surface area contributed by atoms with Crippen LogP contribution in [0.1, 0.15) is 25.3 Å². The molecule has 1 aliphatic heterocycles. The molecule has 0 radical (unpaired) electrons. The monoisotopic (exact) mass is 368 g/mol. The van der Waals surface area contributed by atoms with Gasteiger partial charge in [0.2, 0.25) is 5.91 Å². The average Bonchev–Trinajstić information content (AvgIpc) is 2.65. The van der Waals surface area contributed by atoms with Crippen molar-refractivity contribution in [3.05, 3.63) is 29.8 Å². The van der Waals surface area contributed by atoms with E-state index < -0.39 is 6.61 Å². The second kappa shape index (κ2) is 10.1. The van der Waals surface area contributed by atoms with Crippen LogP contribution < -0.4 is 14.8 Å². The lowest BCUT2D eigenvalue weighted by Crippen LogP contribution is -2.40. The van der Waals surface area contributed by atoms with Crippen LogP contribution in [0.25, 0.3) is 6.08 Å². The number of nitrogens with zero attached hydrogens (tertiary/aromatic N) is 1. The first-order chi connectivity index (χ1) is 12.5. The van der Waals surface area contributed by atoms with Crippen molar-refractivity contribution in [3.8, 4) is 11.5 Å². The van der Waals surface area contributed by atoms with E-state index in [4.69, 9.17) is 4.74 Å². The number of amides is 1. The zero-order chi connectivity index (χ0) is 18.9. The largest absolute Gasteiger partial charge is 0.493 e. The van der Waals surface area contributed by atoms with Crippen LogP contribution in [0.15, 0.2) is 24.3 Å². The van der Waals surface area contributed by atoms with Gasteiger partial charge in [-0.3, -0.25) is 4.79 Å². The number of hydrogen-bond acceptors (Lipinski definition) is 4. The molecule has 1 aromatic rings. The van der Waals surface area contributed by atoms with Crippen LogP contribution in [-0.4, -0.2) is 50.7 Å². The van der Waals surface area contributed by atoms with Crippen LogP contribution in [0.2, 0.25) is 0 Å². The Bertz CT molecular complexity index is 623. The Balaban J connectivity index is 1.95. The number of piperidine rings is 1. The van der Waals surface area contributed by atoms with Gasteiger partial charge in [-0.15, -0.1) is 0 Å². The van der Waals surface area contributed by atoms with E-state index in [1.54, 1.807) is 12.1 Å². The number of alkyl halides is 2. The van der Waals surface area contributed by atoms with Crippen LogP contribution >= 0.6 is 0 Å². The van der Waals surface area contributed by atoms with Crippen LogP contribution in [0.5, 0.6) is 11.5 Å². The predicted octanol–water partition coefficient (Wildman–Crippen LogP) is 3.16. The van der Waals surface area contributed by atoms with Crippen molar-refractivity contribution >= 4 is 12.0 Å². The quantitative estimate of drug-likeness (QED) is 0.716. The number of carbonyl (C=O) groups excluding carboxylic acids is 1. The average molecular weight is 368 g/mol. The fourth-order valence-corrected chi connectivity index (χ4v) is 3.11. The van der Waals surface area contributed by atoms with Crippen molar-refractivity contribution in [2.24, 2.45) is 5.92 Å². The number of ether oxygens (including phenoxy) is 2. The molecule has 1 heterocycles. The maximum absolute atomic E-state index is 12.6. The van der Waals surface area contributed by atoms with E-state index in [0.717, 1.165) is 32.5 Å². The Morgan fingerprint density at radius 2 is 2.27 bits per heavy atom. The van der Waals surface area contributed by atoms with E-state index in [9.17, 15) is 13.6 Å². The number of methoxy groups -OCH3 is 1. The first-order valence-corrected chi connectivity index (χ1v) is 8.83. The molecule has 1 fully saturated rings. The second-order valence-electron chi connectivity index (χ2n) is 6.24. The van der Waals surface area contributed by atoms with Crippen molar-refractivity contribution < 1.29 is 23.0 Å². The van der Waals surface area contributed by atoms with Gasteiger partial charge in [-0.05, 0) is 44.0 Å². The molecule has 26 heavy (non-hydrogen) atoms. The zero-order valence-electron chi connectivity index (χ0n) is 15.2. The number of nitrogens with one attached hydrogen (secondary N) is 1. The second-order valence-corrected chi connectivity index (χ2v) is 6.24. The molecule has 1 aliphatic rings. The van der Waals surface area contributed by atoms with Crippen LogP contribution in [0.3, 0.4) is 0 Å². The predicted molar refractivity (Wildman–Crippen MR) is 96.5 cm³/mol. The summed E-state index contributed by atoms with van der Waals surface area (Å²) in [6, 6.07) is 4.76. The van der Waals surface area contributed by atoms with Crippen LogP contribution in [-0.2, 0) is 4.79 Å². The molecular weight excluding hydrogens is 342 g/mol. The SMILES string of the molecule is CCN1CCC[C@H](CNC(=O)/C=C\c2cccc(OC)c2OC(F)F)C1. The summed E-state index contributed by atoms with van der Waals surface area (Å²) in [5.74, 6) is 0.287. The summed E-state index contributed by atoms with van der Waals surface area (Å²) in [7, 11) is 1.37. The molecule has 0 unspecified atom stereocenters. The van der Waals surface area contributed by atoms with Gasteiger partial charge >= 0.3 is 6.61 Å². The zero-order valence-corrected chi connectivity index (χ0v) is 15.2. The Kier molecular flexibility index (Phi) is 7.84. The summed E-state index contributed by atoms with van der Waals surface area (Å²) in [6.45, 7) is 2.90. The van der Waals surface area contributed by atoms with Gasteiger partial charge in [0.1, 0.15) is 0 Å². The maximum Gasteiger partial charge on any atom is 0.387 e. The minimum absolute atomic E-state index is 0.0834. The standard InChI is InChI=1S/C19H26F2N2O3/c1-3-23-11-5-6-14(13-23)12-22-17(24)10-9-15-7-4-8-16(25-2)18(15)26-19(20)21/h4,7-10,14,19H,3,5-6,11-13H2,1-2H3,(H,22,24)/b10-9-/t14-/m1/s1. The summed E-state index contributed by atoms with van der Waals surface area (Å²) in [4.78, 5) is 14.4. The maximum atomic E-state index is 12.6. The van der Waals surface area contributed by atoms with Crippen LogP contribution in [0.4, 0.5) is 8.78 Å². The lowest BCUT2D eigenvalue weighted by Gasteiger charge is -2.31. The normalized spacial score (nSPS) is 18.3. The Morgan fingerprint density at radius 1 is 1.46 bits per heavy atom. The number of benzene rings is 1. The van der Waals surface area contributed by atoms with Gasteiger partial charge < -0.3 is 19.7 Å². The lowest BCUT2D eigenvalue weighted by atomic mass is 9.98. The third-order valence-corrected chi connectivity index (χ3v) is 4.47. The minimum atomic E-state index is -2.97. The molecule has 0 spiro atoms. The van der Waals surface area contributed by atoms with Gasteiger partial charge in [0, 0.05) is 24.7 Å². The molecule has 1 N–H and O–H groups in total. The van der Waals surface area contributed by atoms with Crippen molar-refractivity contribution in [2.45, 2.75) is 26.4 Å². The molecule has 0 saturated carbocycles.